The molecule has 7 heteroatoms. The molecule has 0 saturated carbocycles. The standard InChI is InChI=1S/C17H17FN4O2/c1-3-21-15-13(16(23)22(4-2)17(21)24)19-14(20-15)12(18)10-11-8-6-5-7-9-11/h5-10H,3-4H2,1-2H3,(H,19,20)/b12-10-. The molecule has 1 N–H and O–H groups in total. The topological polar surface area (TPSA) is 72.7 Å². The van der Waals surface area contributed by atoms with Crippen LogP contribution in [0.2, 0.25) is 0 Å². The minimum atomic E-state index is -0.602. The highest BCUT2D eigenvalue weighted by atomic mass is 19.1. The fourth-order valence-electron chi connectivity index (χ4n) is 2.61. The molecule has 0 aliphatic carbocycles. The van der Waals surface area contributed by atoms with Gasteiger partial charge in [-0.3, -0.25) is 13.9 Å². The molecule has 6 nitrogen and oxygen atoms in total. The monoisotopic (exact) mass is 328 g/mol. The fourth-order valence-corrected chi connectivity index (χ4v) is 2.61. The van der Waals surface area contributed by atoms with Gasteiger partial charge >= 0.3 is 5.69 Å². The van der Waals surface area contributed by atoms with Crippen LogP contribution in [0.4, 0.5) is 4.39 Å². The number of H-pyrrole nitrogens is 1. The van der Waals surface area contributed by atoms with Gasteiger partial charge in [0.2, 0.25) is 0 Å². The van der Waals surface area contributed by atoms with Crippen molar-refractivity contribution in [1.29, 1.82) is 0 Å². The number of hydrogen-bond acceptors (Lipinski definition) is 3. The molecular weight excluding hydrogens is 311 g/mol. The van der Waals surface area contributed by atoms with Crippen molar-refractivity contribution < 1.29 is 4.39 Å². The van der Waals surface area contributed by atoms with Crippen LogP contribution in [0.25, 0.3) is 23.1 Å². The van der Waals surface area contributed by atoms with Gasteiger partial charge in [0.25, 0.3) is 5.56 Å². The molecule has 24 heavy (non-hydrogen) atoms. The Balaban J connectivity index is 2.22. The molecule has 1 aromatic carbocycles. The highest BCUT2D eigenvalue weighted by molar-refractivity contribution is 5.79. The lowest BCUT2D eigenvalue weighted by Gasteiger charge is -2.06. The Morgan fingerprint density at radius 3 is 2.46 bits per heavy atom. The van der Waals surface area contributed by atoms with Crippen molar-refractivity contribution in [1.82, 2.24) is 19.1 Å². The van der Waals surface area contributed by atoms with Crippen molar-refractivity contribution >= 4 is 23.1 Å². The fraction of sp³-hybridized carbons (Fsp3) is 0.235. The maximum absolute atomic E-state index is 14.5. The third kappa shape index (κ3) is 2.58. The number of imidazole rings is 1. The number of nitrogens with one attached hydrogen (secondary N) is 1. The van der Waals surface area contributed by atoms with E-state index in [1.165, 1.54) is 10.6 Å². The van der Waals surface area contributed by atoms with E-state index in [0.29, 0.717) is 12.1 Å². The number of halogens is 1. The summed E-state index contributed by atoms with van der Waals surface area (Å²) in [5.74, 6) is -0.670. The highest BCUT2D eigenvalue weighted by Crippen LogP contribution is 2.18. The molecule has 3 aromatic rings. The minimum Gasteiger partial charge on any atom is -0.330 e. The van der Waals surface area contributed by atoms with Crippen molar-refractivity contribution in [3.8, 4) is 0 Å². The van der Waals surface area contributed by atoms with E-state index in [1.54, 1.807) is 38.1 Å². The van der Waals surface area contributed by atoms with E-state index in [9.17, 15) is 14.0 Å². The molecule has 3 rings (SSSR count). The number of hydrogen-bond donors (Lipinski definition) is 1. The molecule has 2 aromatic heterocycles. The van der Waals surface area contributed by atoms with Crippen LogP contribution in [0.15, 0.2) is 39.9 Å². The Kier molecular flexibility index (Phi) is 4.16. The molecule has 0 saturated heterocycles. The van der Waals surface area contributed by atoms with Crippen molar-refractivity contribution in [2.75, 3.05) is 0 Å². The molecule has 2 heterocycles. The lowest BCUT2D eigenvalue weighted by Crippen LogP contribution is -2.39. The molecule has 0 spiro atoms. The lowest BCUT2D eigenvalue weighted by molar-refractivity contribution is 0.605. The summed E-state index contributed by atoms with van der Waals surface area (Å²) in [7, 11) is 0. The SMILES string of the molecule is CCn1c(=O)c2[nH]c(/C(F)=C/c3ccccc3)nc2n(CC)c1=O. The lowest BCUT2D eigenvalue weighted by atomic mass is 10.2. The molecule has 0 aliphatic heterocycles. The number of aromatic nitrogens is 4. The van der Waals surface area contributed by atoms with E-state index in [1.807, 2.05) is 6.07 Å². The quantitative estimate of drug-likeness (QED) is 0.799. The van der Waals surface area contributed by atoms with Crippen LogP contribution in [-0.2, 0) is 13.1 Å². The van der Waals surface area contributed by atoms with Crippen molar-refractivity contribution in [2.45, 2.75) is 26.9 Å². The van der Waals surface area contributed by atoms with Gasteiger partial charge in [-0.25, -0.2) is 14.2 Å². The molecule has 0 amide bonds. The van der Waals surface area contributed by atoms with Crippen LogP contribution in [-0.4, -0.2) is 19.1 Å². The van der Waals surface area contributed by atoms with Crippen LogP contribution in [0.3, 0.4) is 0 Å². The van der Waals surface area contributed by atoms with Gasteiger partial charge in [-0.15, -0.1) is 0 Å². The van der Waals surface area contributed by atoms with Crippen molar-refractivity contribution in [3.63, 3.8) is 0 Å². The second-order valence-electron chi connectivity index (χ2n) is 5.26. The van der Waals surface area contributed by atoms with Crippen LogP contribution in [0.5, 0.6) is 0 Å². The third-order valence-corrected chi connectivity index (χ3v) is 3.81. The summed E-state index contributed by atoms with van der Waals surface area (Å²) >= 11 is 0. The zero-order valence-corrected chi connectivity index (χ0v) is 13.4. The minimum absolute atomic E-state index is 0.0681. The largest absolute Gasteiger partial charge is 0.332 e. The summed E-state index contributed by atoms with van der Waals surface area (Å²) < 4.78 is 16.9. The van der Waals surface area contributed by atoms with E-state index < -0.39 is 17.1 Å². The summed E-state index contributed by atoms with van der Waals surface area (Å²) in [4.78, 5) is 31.5. The predicted octanol–water partition coefficient (Wildman–Crippen LogP) is 2.39. The predicted molar refractivity (Wildman–Crippen MR) is 91.4 cm³/mol. The summed E-state index contributed by atoms with van der Waals surface area (Å²) in [6.07, 6.45) is 1.32. The summed E-state index contributed by atoms with van der Waals surface area (Å²) in [6, 6.07) is 8.95. The van der Waals surface area contributed by atoms with Crippen molar-refractivity contribution in [2.24, 2.45) is 0 Å². The third-order valence-electron chi connectivity index (χ3n) is 3.81. The number of nitrogens with zero attached hydrogens (tertiary/aromatic N) is 3. The molecule has 0 bridgehead atoms. The number of rotatable bonds is 4. The maximum Gasteiger partial charge on any atom is 0.332 e. The molecule has 0 unspecified atom stereocenters. The Hall–Kier alpha value is -2.96. The summed E-state index contributed by atoms with van der Waals surface area (Å²) in [6.45, 7) is 4.06. The number of benzene rings is 1. The second kappa shape index (κ2) is 6.27. The smallest absolute Gasteiger partial charge is 0.330 e. The van der Waals surface area contributed by atoms with E-state index in [2.05, 4.69) is 9.97 Å². The van der Waals surface area contributed by atoms with Gasteiger partial charge in [0.05, 0.1) is 0 Å². The Morgan fingerprint density at radius 1 is 1.17 bits per heavy atom. The molecular formula is C17H17FN4O2. The van der Waals surface area contributed by atoms with Gasteiger partial charge in [-0.1, -0.05) is 30.3 Å². The second-order valence-corrected chi connectivity index (χ2v) is 5.26. The van der Waals surface area contributed by atoms with Crippen LogP contribution >= 0.6 is 0 Å². The summed E-state index contributed by atoms with van der Waals surface area (Å²) in [5.41, 5.74) is 0.0412. The first-order valence-electron chi connectivity index (χ1n) is 7.72. The van der Waals surface area contributed by atoms with Gasteiger partial charge in [0, 0.05) is 13.1 Å². The molecule has 0 radical (unpaired) electrons. The van der Waals surface area contributed by atoms with E-state index in [0.717, 1.165) is 4.57 Å². The van der Waals surface area contributed by atoms with E-state index in [4.69, 9.17) is 0 Å². The van der Waals surface area contributed by atoms with Crippen molar-refractivity contribution in [3.05, 3.63) is 62.6 Å². The zero-order valence-electron chi connectivity index (χ0n) is 13.4. The van der Waals surface area contributed by atoms with Gasteiger partial charge in [0.1, 0.15) is 5.52 Å². The van der Waals surface area contributed by atoms with Gasteiger partial charge in [-0.05, 0) is 25.5 Å². The zero-order chi connectivity index (χ0) is 17.3. The van der Waals surface area contributed by atoms with Gasteiger partial charge in [0.15, 0.2) is 17.3 Å². The van der Waals surface area contributed by atoms with Gasteiger partial charge < -0.3 is 4.98 Å². The van der Waals surface area contributed by atoms with Crippen LogP contribution in [0, 0.1) is 0 Å². The number of aromatic amines is 1. The summed E-state index contributed by atoms with van der Waals surface area (Å²) in [5, 5.41) is 0. The van der Waals surface area contributed by atoms with Crippen LogP contribution < -0.4 is 11.2 Å². The number of fused-ring (bicyclic) bond motifs is 1. The average Bonchev–Trinajstić information content (AvgIpc) is 3.02. The Morgan fingerprint density at radius 2 is 1.83 bits per heavy atom. The molecule has 124 valence electrons. The highest BCUT2D eigenvalue weighted by Gasteiger charge is 2.17. The molecule has 0 fully saturated rings. The van der Waals surface area contributed by atoms with Gasteiger partial charge in [-0.2, -0.15) is 0 Å². The van der Waals surface area contributed by atoms with E-state index in [-0.39, 0.29) is 23.5 Å². The van der Waals surface area contributed by atoms with Crippen LogP contribution in [0.1, 0.15) is 25.2 Å². The molecule has 0 atom stereocenters. The normalized spacial score (nSPS) is 12.0. The average molecular weight is 328 g/mol. The maximum atomic E-state index is 14.5. The first-order valence-corrected chi connectivity index (χ1v) is 7.72. The number of aryl methyl sites for hydroxylation is 1. The Labute approximate surface area is 136 Å². The van der Waals surface area contributed by atoms with E-state index >= 15 is 0 Å². The Bertz CT molecular complexity index is 1030. The first-order chi connectivity index (χ1) is 11.6. The molecule has 0 aliphatic rings. The first kappa shape index (κ1) is 15.9.